The smallest absolute Gasteiger partial charge is 0.257 e. The molecule has 1 fully saturated rings. The molecule has 3 aromatic rings. The number of morpholine rings is 1. The van der Waals surface area contributed by atoms with Crippen molar-refractivity contribution in [1.29, 1.82) is 0 Å². The van der Waals surface area contributed by atoms with E-state index in [0.717, 1.165) is 17.1 Å². The van der Waals surface area contributed by atoms with Crippen LogP contribution < -0.4 is 5.32 Å². The average molecular weight is 459 g/mol. The summed E-state index contributed by atoms with van der Waals surface area (Å²) >= 11 is 1.07. The second-order valence-electron chi connectivity index (χ2n) is 6.94. The molecule has 1 aliphatic rings. The van der Waals surface area contributed by atoms with Crippen LogP contribution in [0.15, 0.2) is 53.4 Å². The number of sulfonamides is 1. The summed E-state index contributed by atoms with van der Waals surface area (Å²) in [5.41, 5.74) is 1.77. The number of carbonyl (C=O) groups excluding carboxylic acids is 1. The van der Waals surface area contributed by atoms with E-state index in [1.807, 2.05) is 37.3 Å². The lowest BCUT2D eigenvalue weighted by Crippen LogP contribution is -2.41. The van der Waals surface area contributed by atoms with Gasteiger partial charge in [0.1, 0.15) is 0 Å². The highest BCUT2D eigenvalue weighted by atomic mass is 32.2. The quantitative estimate of drug-likeness (QED) is 0.609. The Labute approximate surface area is 185 Å². The highest BCUT2D eigenvalue weighted by Gasteiger charge is 2.29. The molecule has 2 aromatic carbocycles. The monoisotopic (exact) mass is 458 g/mol. The molecular formula is C21H22N4O4S2. The van der Waals surface area contributed by atoms with Gasteiger partial charge in [-0.05, 0) is 24.1 Å². The average Bonchev–Trinajstić information content (AvgIpc) is 3.28. The van der Waals surface area contributed by atoms with E-state index in [0.29, 0.717) is 49.2 Å². The number of amides is 1. The molecule has 1 N–H and O–H groups in total. The van der Waals surface area contributed by atoms with Crippen LogP contribution >= 0.6 is 11.5 Å². The number of nitrogens with one attached hydrogen (secondary N) is 1. The van der Waals surface area contributed by atoms with Crippen LogP contribution in [0.3, 0.4) is 0 Å². The SMILES string of the molecule is CCc1ccc(C(=O)Nc2nc(-c3ccccc3)ns2)cc1S(=O)(=O)N1CCOCC1. The normalized spacial score (nSPS) is 15.0. The van der Waals surface area contributed by atoms with Crippen molar-refractivity contribution in [3.63, 3.8) is 0 Å². The van der Waals surface area contributed by atoms with Gasteiger partial charge in [0.15, 0.2) is 5.82 Å². The number of aryl methyl sites for hydroxylation is 1. The van der Waals surface area contributed by atoms with Gasteiger partial charge in [-0.25, -0.2) is 8.42 Å². The van der Waals surface area contributed by atoms with Crippen LogP contribution in [0, 0.1) is 0 Å². The number of nitrogens with zero attached hydrogens (tertiary/aromatic N) is 3. The topological polar surface area (TPSA) is 101 Å². The molecule has 0 aliphatic carbocycles. The zero-order chi connectivity index (χ0) is 21.8. The summed E-state index contributed by atoms with van der Waals surface area (Å²) in [5, 5.41) is 3.07. The second kappa shape index (κ2) is 9.23. The highest BCUT2D eigenvalue weighted by molar-refractivity contribution is 7.89. The van der Waals surface area contributed by atoms with E-state index in [-0.39, 0.29) is 10.5 Å². The Morgan fingerprint density at radius 2 is 1.90 bits per heavy atom. The maximum atomic E-state index is 13.2. The molecule has 1 aliphatic heterocycles. The molecule has 0 spiro atoms. The van der Waals surface area contributed by atoms with E-state index in [2.05, 4.69) is 14.7 Å². The molecule has 0 radical (unpaired) electrons. The minimum absolute atomic E-state index is 0.159. The molecule has 0 atom stereocenters. The number of ether oxygens (including phenoxy) is 1. The standard InChI is InChI=1S/C21H22N4O4S2/c1-2-15-8-9-17(14-18(15)31(27,28)25-10-12-29-13-11-25)20(26)23-21-22-19(24-30-21)16-6-4-3-5-7-16/h3-9,14H,2,10-13H2,1H3,(H,22,23,24,26). The van der Waals surface area contributed by atoms with Crippen molar-refractivity contribution < 1.29 is 17.9 Å². The largest absolute Gasteiger partial charge is 0.379 e. The van der Waals surface area contributed by atoms with Crippen molar-refractivity contribution in [2.75, 3.05) is 31.6 Å². The van der Waals surface area contributed by atoms with Gasteiger partial charge in [0.05, 0.1) is 18.1 Å². The fourth-order valence-corrected chi connectivity index (χ4v) is 5.61. The lowest BCUT2D eigenvalue weighted by atomic mass is 10.1. The number of rotatable bonds is 6. The van der Waals surface area contributed by atoms with E-state index in [9.17, 15) is 13.2 Å². The number of hydrogen-bond acceptors (Lipinski definition) is 7. The minimum Gasteiger partial charge on any atom is -0.379 e. The second-order valence-corrected chi connectivity index (χ2v) is 9.59. The molecule has 1 saturated heterocycles. The molecule has 8 nitrogen and oxygen atoms in total. The third kappa shape index (κ3) is 4.67. The molecule has 31 heavy (non-hydrogen) atoms. The Balaban J connectivity index is 1.58. The van der Waals surface area contributed by atoms with Crippen LogP contribution in [-0.2, 0) is 21.2 Å². The van der Waals surface area contributed by atoms with Crippen LogP contribution in [0.1, 0.15) is 22.8 Å². The van der Waals surface area contributed by atoms with Crippen LogP contribution in [-0.4, -0.2) is 54.3 Å². The summed E-state index contributed by atoms with van der Waals surface area (Å²) in [5.74, 6) is 0.0923. The Morgan fingerprint density at radius 1 is 1.16 bits per heavy atom. The summed E-state index contributed by atoms with van der Waals surface area (Å²) in [6.45, 7) is 3.22. The zero-order valence-electron chi connectivity index (χ0n) is 16.9. The van der Waals surface area contributed by atoms with E-state index in [1.54, 1.807) is 12.1 Å². The molecule has 162 valence electrons. The maximum Gasteiger partial charge on any atom is 0.257 e. The van der Waals surface area contributed by atoms with Gasteiger partial charge in [0.2, 0.25) is 15.2 Å². The van der Waals surface area contributed by atoms with Gasteiger partial charge in [-0.2, -0.15) is 13.7 Å². The van der Waals surface area contributed by atoms with Crippen molar-refractivity contribution in [3.8, 4) is 11.4 Å². The molecular weight excluding hydrogens is 436 g/mol. The van der Waals surface area contributed by atoms with Gasteiger partial charge >= 0.3 is 0 Å². The Morgan fingerprint density at radius 3 is 2.61 bits per heavy atom. The van der Waals surface area contributed by atoms with Crippen LogP contribution in [0.5, 0.6) is 0 Å². The summed E-state index contributed by atoms with van der Waals surface area (Å²) in [4.78, 5) is 17.3. The minimum atomic E-state index is -3.72. The van der Waals surface area contributed by atoms with Gasteiger partial charge in [0, 0.05) is 35.7 Å². The number of anilines is 1. The molecule has 0 saturated carbocycles. The van der Waals surface area contributed by atoms with Crippen LogP contribution in [0.25, 0.3) is 11.4 Å². The van der Waals surface area contributed by atoms with Gasteiger partial charge in [-0.1, -0.05) is 43.3 Å². The number of benzene rings is 2. The summed E-state index contributed by atoms with van der Waals surface area (Å²) in [6.07, 6.45) is 0.539. The highest BCUT2D eigenvalue weighted by Crippen LogP contribution is 2.25. The predicted octanol–water partition coefficient (Wildman–Crippen LogP) is 3.04. The van der Waals surface area contributed by atoms with Crippen molar-refractivity contribution in [1.82, 2.24) is 13.7 Å². The number of aromatic nitrogens is 2. The first-order chi connectivity index (χ1) is 15.0. The van der Waals surface area contributed by atoms with Crippen molar-refractivity contribution in [2.45, 2.75) is 18.2 Å². The van der Waals surface area contributed by atoms with E-state index in [1.165, 1.54) is 10.4 Å². The molecule has 0 bridgehead atoms. The summed E-state index contributed by atoms with van der Waals surface area (Å²) < 4.78 is 37.3. The van der Waals surface area contributed by atoms with Crippen LogP contribution in [0.4, 0.5) is 5.13 Å². The Kier molecular flexibility index (Phi) is 6.42. The predicted molar refractivity (Wildman–Crippen MR) is 119 cm³/mol. The third-order valence-corrected chi connectivity index (χ3v) is 7.59. The first kappa shape index (κ1) is 21.6. The molecule has 4 rings (SSSR count). The Hall–Kier alpha value is -2.66. The molecule has 1 amide bonds. The Bertz CT molecular complexity index is 1170. The lowest BCUT2D eigenvalue weighted by molar-refractivity contribution is 0.0730. The van der Waals surface area contributed by atoms with Crippen molar-refractivity contribution in [3.05, 3.63) is 59.7 Å². The van der Waals surface area contributed by atoms with Crippen molar-refractivity contribution in [2.24, 2.45) is 0 Å². The first-order valence-corrected chi connectivity index (χ1v) is 12.1. The zero-order valence-corrected chi connectivity index (χ0v) is 18.6. The van der Waals surface area contributed by atoms with Gasteiger partial charge < -0.3 is 4.74 Å². The van der Waals surface area contributed by atoms with E-state index in [4.69, 9.17) is 4.74 Å². The molecule has 2 heterocycles. The fourth-order valence-electron chi connectivity index (χ4n) is 3.30. The molecule has 1 aromatic heterocycles. The van der Waals surface area contributed by atoms with Crippen LogP contribution in [0.2, 0.25) is 0 Å². The fraction of sp³-hybridized carbons (Fsp3) is 0.286. The lowest BCUT2D eigenvalue weighted by Gasteiger charge is -2.27. The molecule has 10 heteroatoms. The number of carbonyl (C=O) groups is 1. The van der Waals surface area contributed by atoms with E-state index >= 15 is 0 Å². The summed E-state index contributed by atoms with van der Waals surface area (Å²) in [6, 6.07) is 14.2. The summed E-state index contributed by atoms with van der Waals surface area (Å²) in [7, 11) is -3.72. The number of hydrogen-bond donors (Lipinski definition) is 1. The van der Waals surface area contributed by atoms with E-state index < -0.39 is 15.9 Å². The van der Waals surface area contributed by atoms with Gasteiger partial charge in [0.25, 0.3) is 5.91 Å². The van der Waals surface area contributed by atoms with Gasteiger partial charge in [-0.3, -0.25) is 10.1 Å². The first-order valence-electron chi connectivity index (χ1n) is 9.90. The molecule has 0 unspecified atom stereocenters. The van der Waals surface area contributed by atoms with Gasteiger partial charge in [-0.15, -0.1) is 0 Å². The third-order valence-electron chi connectivity index (χ3n) is 4.98. The maximum absolute atomic E-state index is 13.2. The van der Waals surface area contributed by atoms with Crippen molar-refractivity contribution >= 4 is 32.6 Å².